The van der Waals surface area contributed by atoms with Crippen molar-refractivity contribution in [3.8, 4) is 0 Å². The summed E-state index contributed by atoms with van der Waals surface area (Å²) >= 11 is 0. The molecule has 0 aliphatic rings. The summed E-state index contributed by atoms with van der Waals surface area (Å²) in [5.41, 5.74) is 0. The zero-order valence-electron chi connectivity index (χ0n) is 6.18. The summed E-state index contributed by atoms with van der Waals surface area (Å²) < 4.78 is 42.7. The third kappa shape index (κ3) is 2.73. The highest BCUT2D eigenvalue weighted by molar-refractivity contribution is 8.02. The molecule has 0 unspecified atom stereocenters. The molecule has 0 aliphatic heterocycles. The minimum absolute atomic E-state index is 0.153. The van der Waals surface area contributed by atoms with Gasteiger partial charge in [-0.15, -0.1) is 0 Å². The van der Waals surface area contributed by atoms with Crippen LogP contribution in [0.3, 0.4) is 0 Å². The maximum atomic E-state index is 10.8. The van der Waals surface area contributed by atoms with Crippen LogP contribution in [0.15, 0.2) is 0 Å². The summed E-state index contributed by atoms with van der Waals surface area (Å²) in [6.45, 7) is 1.33. The van der Waals surface area contributed by atoms with E-state index in [1.54, 1.807) is 0 Å². The third-order valence-electron chi connectivity index (χ3n) is 1.11. The Morgan fingerprint density at radius 2 is 1.64 bits per heavy atom. The monoisotopic (exact) mass is 202 g/mol. The Morgan fingerprint density at radius 1 is 1.27 bits per heavy atom. The van der Waals surface area contributed by atoms with Crippen LogP contribution >= 0.6 is 0 Å². The van der Waals surface area contributed by atoms with Crippen molar-refractivity contribution in [2.45, 2.75) is 6.92 Å². The third-order valence-corrected chi connectivity index (χ3v) is 4.65. The molecule has 0 atom stereocenters. The lowest BCUT2D eigenvalue weighted by Gasteiger charge is -2.11. The lowest BCUT2D eigenvalue weighted by Crippen LogP contribution is -2.38. The molecule has 0 aliphatic carbocycles. The minimum Gasteiger partial charge on any atom is -0.215 e. The highest BCUT2D eigenvalue weighted by Crippen LogP contribution is 2.00. The molecule has 0 bridgehead atoms. The fourth-order valence-electron chi connectivity index (χ4n) is 0.340. The SMILES string of the molecule is CCS(=O)(=O)N(C)S(N)(=O)=O. The summed E-state index contributed by atoms with van der Waals surface area (Å²) in [7, 11) is -6.97. The summed E-state index contributed by atoms with van der Waals surface area (Å²) in [5, 5.41) is 4.56. The van der Waals surface area contributed by atoms with Gasteiger partial charge in [-0.1, -0.05) is 3.71 Å². The second-order valence-electron chi connectivity index (χ2n) is 1.83. The topological polar surface area (TPSA) is 97.5 Å². The largest absolute Gasteiger partial charge is 0.289 e. The van der Waals surface area contributed by atoms with E-state index in [0.29, 0.717) is 0 Å². The van der Waals surface area contributed by atoms with Gasteiger partial charge >= 0.3 is 0 Å². The Balaban J connectivity index is 4.96. The van der Waals surface area contributed by atoms with Gasteiger partial charge < -0.3 is 0 Å². The van der Waals surface area contributed by atoms with Crippen LogP contribution in [0.4, 0.5) is 0 Å². The molecule has 0 saturated carbocycles. The average Bonchev–Trinajstić information content (AvgIpc) is 1.84. The van der Waals surface area contributed by atoms with Gasteiger partial charge in [0.05, 0.1) is 5.75 Å². The molecule has 0 spiro atoms. The zero-order valence-corrected chi connectivity index (χ0v) is 7.81. The molecule has 0 aromatic carbocycles. The molecule has 0 amide bonds. The van der Waals surface area contributed by atoms with Crippen molar-refractivity contribution in [3.05, 3.63) is 0 Å². The molecular weight excluding hydrogens is 192 g/mol. The van der Waals surface area contributed by atoms with Crippen molar-refractivity contribution >= 4 is 20.2 Å². The molecule has 0 rings (SSSR count). The number of sulfonamides is 1. The van der Waals surface area contributed by atoms with E-state index in [-0.39, 0.29) is 9.46 Å². The van der Waals surface area contributed by atoms with Gasteiger partial charge in [-0.25, -0.2) is 13.6 Å². The van der Waals surface area contributed by atoms with E-state index in [2.05, 4.69) is 5.14 Å². The fourth-order valence-corrected chi connectivity index (χ4v) is 2.29. The first-order chi connectivity index (χ1) is 4.72. The van der Waals surface area contributed by atoms with Crippen LogP contribution in [-0.2, 0) is 20.2 Å². The summed E-state index contributed by atoms with van der Waals surface area (Å²) in [4.78, 5) is 0. The normalized spacial score (nSPS) is 13.8. The molecule has 0 saturated heterocycles. The molecule has 0 radical (unpaired) electrons. The van der Waals surface area contributed by atoms with Crippen LogP contribution in [-0.4, -0.2) is 33.3 Å². The quantitative estimate of drug-likeness (QED) is 0.600. The Kier molecular flexibility index (Phi) is 3.00. The molecule has 0 aromatic rings. The second-order valence-corrected chi connectivity index (χ2v) is 5.92. The number of rotatable bonds is 3. The molecular formula is C3H10N2O4S2. The van der Waals surface area contributed by atoms with Crippen LogP contribution in [0.5, 0.6) is 0 Å². The minimum atomic E-state index is -4.13. The zero-order chi connectivity index (χ0) is 9.28. The van der Waals surface area contributed by atoms with Crippen molar-refractivity contribution in [1.29, 1.82) is 0 Å². The van der Waals surface area contributed by atoms with E-state index in [1.807, 2.05) is 0 Å². The highest BCUT2D eigenvalue weighted by atomic mass is 32.3. The van der Waals surface area contributed by atoms with Gasteiger partial charge in [0.25, 0.3) is 10.2 Å². The molecule has 0 fully saturated rings. The van der Waals surface area contributed by atoms with Crippen molar-refractivity contribution in [2.24, 2.45) is 5.14 Å². The van der Waals surface area contributed by atoms with Gasteiger partial charge in [-0.05, 0) is 6.92 Å². The van der Waals surface area contributed by atoms with E-state index in [1.165, 1.54) is 6.92 Å². The highest BCUT2D eigenvalue weighted by Gasteiger charge is 2.24. The Labute approximate surface area is 66.2 Å². The van der Waals surface area contributed by atoms with Gasteiger partial charge in [0.15, 0.2) is 0 Å². The lowest BCUT2D eigenvalue weighted by atomic mass is 11.0. The summed E-state index contributed by atoms with van der Waals surface area (Å²) in [6, 6.07) is 0. The fraction of sp³-hybridized carbons (Fsp3) is 1.00. The summed E-state index contributed by atoms with van der Waals surface area (Å²) in [5.74, 6) is -0.292. The first-order valence-electron chi connectivity index (χ1n) is 2.71. The molecule has 11 heavy (non-hydrogen) atoms. The Hall–Kier alpha value is -0.180. The molecule has 68 valence electrons. The van der Waals surface area contributed by atoms with Crippen LogP contribution in [0.25, 0.3) is 0 Å². The average molecular weight is 202 g/mol. The van der Waals surface area contributed by atoms with Gasteiger partial charge in [0, 0.05) is 7.05 Å². The van der Waals surface area contributed by atoms with Crippen molar-refractivity contribution in [2.75, 3.05) is 12.8 Å². The molecule has 0 aromatic heterocycles. The number of nitrogens with two attached hydrogens (primary N) is 1. The van der Waals surface area contributed by atoms with Crippen LogP contribution in [0.1, 0.15) is 6.92 Å². The second kappa shape index (κ2) is 3.05. The molecule has 6 nitrogen and oxygen atoms in total. The van der Waals surface area contributed by atoms with E-state index in [9.17, 15) is 16.8 Å². The predicted octanol–water partition coefficient (Wildman–Crippen LogP) is -1.53. The smallest absolute Gasteiger partial charge is 0.215 e. The van der Waals surface area contributed by atoms with Crippen LogP contribution < -0.4 is 5.14 Å². The maximum Gasteiger partial charge on any atom is 0.289 e. The van der Waals surface area contributed by atoms with E-state index in [0.717, 1.165) is 7.05 Å². The first-order valence-corrected chi connectivity index (χ1v) is 5.82. The van der Waals surface area contributed by atoms with Crippen molar-refractivity contribution in [3.63, 3.8) is 0 Å². The van der Waals surface area contributed by atoms with Gasteiger partial charge in [0.1, 0.15) is 0 Å². The molecule has 2 N–H and O–H groups in total. The van der Waals surface area contributed by atoms with E-state index < -0.39 is 20.2 Å². The van der Waals surface area contributed by atoms with Gasteiger partial charge in [-0.2, -0.15) is 8.42 Å². The lowest BCUT2D eigenvalue weighted by molar-refractivity contribution is 0.528. The summed E-state index contributed by atoms with van der Waals surface area (Å²) in [6.07, 6.45) is 0. The van der Waals surface area contributed by atoms with Gasteiger partial charge in [-0.3, -0.25) is 0 Å². The van der Waals surface area contributed by atoms with Crippen molar-refractivity contribution < 1.29 is 16.8 Å². The Bertz CT molecular complexity index is 315. The molecule has 8 heteroatoms. The maximum absolute atomic E-state index is 10.8. The van der Waals surface area contributed by atoms with Crippen molar-refractivity contribution in [1.82, 2.24) is 3.71 Å². The van der Waals surface area contributed by atoms with Crippen LogP contribution in [0, 0.1) is 0 Å². The van der Waals surface area contributed by atoms with Gasteiger partial charge in [0.2, 0.25) is 10.0 Å². The number of nitrogens with zero attached hydrogens (tertiary/aromatic N) is 1. The standard InChI is InChI=1S/C3H10N2O4S2/c1-3-10(6,7)5(2)11(4,8)9/h3H2,1-2H3,(H2,4,8,9). The van der Waals surface area contributed by atoms with E-state index >= 15 is 0 Å². The van der Waals surface area contributed by atoms with E-state index in [4.69, 9.17) is 0 Å². The first kappa shape index (κ1) is 10.8. The van der Waals surface area contributed by atoms with Crippen LogP contribution in [0.2, 0.25) is 0 Å². The Morgan fingerprint density at radius 3 is 1.73 bits per heavy atom. The predicted molar refractivity (Wildman–Crippen MR) is 40.3 cm³/mol. The number of hydrogen-bond acceptors (Lipinski definition) is 4. The number of hydrogen-bond donors (Lipinski definition) is 1. The molecule has 0 heterocycles.